The molecular weight excluding hydrogens is 374 g/mol. The van der Waals surface area contributed by atoms with E-state index in [0.717, 1.165) is 42.1 Å². The lowest BCUT2D eigenvalue weighted by Crippen LogP contribution is -2.35. The number of hydrogen-bond acceptors (Lipinski definition) is 4. The van der Waals surface area contributed by atoms with Crippen molar-refractivity contribution in [3.05, 3.63) is 80.7 Å². The third-order valence-corrected chi connectivity index (χ3v) is 5.16. The Morgan fingerprint density at radius 3 is 2.61 bits per heavy atom. The van der Waals surface area contributed by atoms with Crippen molar-refractivity contribution in [2.75, 3.05) is 13.2 Å². The van der Waals surface area contributed by atoms with Crippen molar-refractivity contribution in [2.24, 2.45) is 0 Å². The van der Waals surface area contributed by atoms with Gasteiger partial charge in [-0.25, -0.2) is 4.98 Å². The van der Waals surface area contributed by atoms with Gasteiger partial charge in [-0.2, -0.15) is 0 Å². The first-order chi connectivity index (χ1) is 13.6. The molecule has 0 spiro atoms. The topological polar surface area (TPSA) is 58.2 Å². The third-order valence-electron chi connectivity index (χ3n) is 4.91. The van der Waals surface area contributed by atoms with E-state index in [0.29, 0.717) is 24.0 Å². The van der Waals surface area contributed by atoms with E-state index in [2.05, 4.69) is 22.0 Å². The molecule has 2 aromatic carbocycles. The van der Waals surface area contributed by atoms with E-state index < -0.39 is 0 Å². The van der Waals surface area contributed by atoms with E-state index in [1.54, 1.807) is 12.1 Å². The minimum atomic E-state index is -0.0636. The van der Waals surface area contributed by atoms with Gasteiger partial charge in [-0.3, -0.25) is 9.69 Å². The molecule has 2 heterocycles. The van der Waals surface area contributed by atoms with Crippen molar-refractivity contribution < 1.29 is 4.74 Å². The highest BCUT2D eigenvalue weighted by Crippen LogP contribution is 2.22. The number of fused-ring (bicyclic) bond motifs is 1. The molecule has 6 heteroatoms. The molecule has 5 nitrogen and oxygen atoms in total. The van der Waals surface area contributed by atoms with E-state index in [9.17, 15) is 4.79 Å². The average Bonchev–Trinajstić information content (AvgIpc) is 2.70. The number of nitrogens with one attached hydrogen (secondary N) is 1. The zero-order valence-electron chi connectivity index (χ0n) is 15.7. The van der Waals surface area contributed by atoms with E-state index in [-0.39, 0.29) is 5.56 Å². The second kappa shape index (κ2) is 8.17. The van der Waals surface area contributed by atoms with Crippen LogP contribution in [0.4, 0.5) is 0 Å². The lowest BCUT2D eigenvalue weighted by molar-refractivity contribution is 0.241. The molecular formula is C22H22ClN3O2. The van der Waals surface area contributed by atoms with Crippen molar-refractivity contribution in [3.63, 3.8) is 0 Å². The third kappa shape index (κ3) is 4.11. The van der Waals surface area contributed by atoms with Crippen LogP contribution >= 0.6 is 11.6 Å². The van der Waals surface area contributed by atoms with Crippen LogP contribution in [0.15, 0.2) is 53.3 Å². The first-order valence-electron chi connectivity index (χ1n) is 9.44. The van der Waals surface area contributed by atoms with E-state index in [4.69, 9.17) is 21.3 Å². The van der Waals surface area contributed by atoms with Gasteiger partial charge in [-0.05, 0) is 48.9 Å². The van der Waals surface area contributed by atoms with Gasteiger partial charge in [0, 0.05) is 36.6 Å². The average molecular weight is 396 g/mol. The Hall–Kier alpha value is -2.63. The van der Waals surface area contributed by atoms with Gasteiger partial charge in [0.2, 0.25) is 0 Å². The van der Waals surface area contributed by atoms with Crippen LogP contribution in [0.5, 0.6) is 5.75 Å². The number of aromatic nitrogens is 2. The Morgan fingerprint density at radius 2 is 1.89 bits per heavy atom. The SMILES string of the molecule is CCOc1ccc(CN2CCc3nc(-c4ccc(Cl)cc4)[nH]c(=O)c3C2)cc1. The number of aromatic amines is 1. The summed E-state index contributed by atoms with van der Waals surface area (Å²) in [7, 11) is 0. The van der Waals surface area contributed by atoms with Crippen molar-refractivity contribution in [1.82, 2.24) is 14.9 Å². The summed E-state index contributed by atoms with van der Waals surface area (Å²) in [5, 5.41) is 0.661. The van der Waals surface area contributed by atoms with Crippen LogP contribution in [-0.2, 0) is 19.5 Å². The maximum atomic E-state index is 12.7. The fourth-order valence-electron chi connectivity index (χ4n) is 3.48. The first kappa shape index (κ1) is 18.7. The predicted octanol–water partition coefficient (Wildman–Crippen LogP) is 4.05. The van der Waals surface area contributed by atoms with Gasteiger partial charge in [-0.1, -0.05) is 23.7 Å². The lowest BCUT2D eigenvalue weighted by Gasteiger charge is -2.27. The van der Waals surface area contributed by atoms with E-state index in [1.165, 1.54) is 5.56 Å². The molecule has 0 bridgehead atoms. The first-order valence-corrected chi connectivity index (χ1v) is 9.82. The van der Waals surface area contributed by atoms with Crippen molar-refractivity contribution in [1.29, 1.82) is 0 Å². The molecule has 1 aliphatic heterocycles. The summed E-state index contributed by atoms with van der Waals surface area (Å²) < 4.78 is 5.49. The Morgan fingerprint density at radius 1 is 1.14 bits per heavy atom. The summed E-state index contributed by atoms with van der Waals surface area (Å²) in [4.78, 5) is 22.6. The fraction of sp³-hybridized carbons (Fsp3) is 0.273. The molecule has 0 saturated heterocycles. The minimum Gasteiger partial charge on any atom is -0.494 e. The number of nitrogens with zero attached hydrogens (tertiary/aromatic N) is 2. The minimum absolute atomic E-state index is 0.0636. The fourth-order valence-corrected chi connectivity index (χ4v) is 3.60. The zero-order valence-corrected chi connectivity index (χ0v) is 16.5. The number of hydrogen-bond donors (Lipinski definition) is 1. The van der Waals surface area contributed by atoms with E-state index >= 15 is 0 Å². The zero-order chi connectivity index (χ0) is 19.5. The van der Waals surface area contributed by atoms with Crippen LogP contribution < -0.4 is 10.3 Å². The second-order valence-electron chi connectivity index (χ2n) is 6.88. The Balaban J connectivity index is 1.51. The largest absolute Gasteiger partial charge is 0.494 e. The van der Waals surface area contributed by atoms with Crippen molar-refractivity contribution in [2.45, 2.75) is 26.4 Å². The van der Waals surface area contributed by atoms with E-state index in [1.807, 2.05) is 31.2 Å². The quantitative estimate of drug-likeness (QED) is 0.708. The molecule has 0 atom stereocenters. The number of ether oxygens (including phenoxy) is 1. The summed E-state index contributed by atoms with van der Waals surface area (Å²) >= 11 is 5.95. The molecule has 1 N–H and O–H groups in total. The number of H-pyrrole nitrogens is 1. The molecule has 0 amide bonds. The summed E-state index contributed by atoms with van der Waals surface area (Å²) in [5.41, 5.74) is 3.65. The highest BCUT2D eigenvalue weighted by molar-refractivity contribution is 6.30. The number of benzene rings is 2. The lowest BCUT2D eigenvalue weighted by atomic mass is 10.1. The molecule has 0 aliphatic carbocycles. The van der Waals surface area contributed by atoms with Crippen LogP contribution in [0.2, 0.25) is 5.02 Å². The van der Waals surface area contributed by atoms with Gasteiger partial charge in [0.05, 0.1) is 17.9 Å². The molecule has 0 unspecified atom stereocenters. The number of rotatable bonds is 5. The smallest absolute Gasteiger partial charge is 0.255 e. The monoisotopic (exact) mass is 395 g/mol. The summed E-state index contributed by atoms with van der Waals surface area (Å²) in [5.74, 6) is 1.48. The highest BCUT2D eigenvalue weighted by Gasteiger charge is 2.21. The maximum absolute atomic E-state index is 12.7. The van der Waals surface area contributed by atoms with Gasteiger partial charge < -0.3 is 9.72 Å². The molecule has 3 aromatic rings. The standard InChI is InChI=1S/C22H22ClN3O2/c1-2-28-18-9-3-15(4-10-18)13-26-12-11-20-19(14-26)22(27)25-21(24-20)16-5-7-17(23)8-6-16/h3-10H,2,11-14H2,1H3,(H,24,25,27). The summed E-state index contributed by atoms with van der Waals surface area (Å²) in [6, 6.07) is 15.5. The van der Waals surface area contributed by atoms with Gasteiger partial charge in [0.1, 0.15) is 11.6 Å². The highest BCUT2D eigenvalue weighted by atomic mass is 35.5. The van der Waals surface area contributed by atoms with Gasteiger partial charge in [0.25, 0.3) is 5.56 Å². The van der Waals surface area contributed by atoms with Crippen molar-refractivity contribution >= 4 is 11.6 Å². The molecule has 0 saturated carbocycles. The van der Waals surface area contributed by atoms with Crippen LogP contribution in [0.3, 0.4) is 0 Å². The molecule has 0 radical (unpaired) electrons. The van der Waals surface area contributed by atoms with Crippen molar-refractivity contribution in [3.8, 4) is 17.1 Å². The van der Waals surface area contributed by atoms with Crippen LogP contribution in [0, 0.1) is 0 Å². The summed E-state index contributed by atoms with van der Waals surface area (Å²) in [6.45, 7) is 4.91. The predicted molar refractivity (Wildman–Crippen MR) is 111 cm³/mol. The van der Waals surface area contributed by atoms with Crippen LogP contribution in [0.1, 0.15) is 23.7 Å². The molecule has 1 aromatic heterocycles. The Bertz CT molecular complexity index is 1010. The molecule has 4 rings (SSSR count). The molecule has 144 valence electrons. The number of halogens is 1. The van der Waals surface area contributed by atoms with Gasteiger partial charge >= 0.3 is 0 Å². The van der Waals surface area contributed by atoms with Gasteiger partial charge in [-0.15, -0.1) is 0 Å². The molecule has 28 heavy (non-hydrogen) atoms. The Labute approximate surface area is 169 Å². The normalized spacial score (nSPS) is 13.9. The second-order valence-corrected chi connectivity index (χ2v) is 7.32. The maximum Gasteiger partial charge on any atom is 0.255 e. The van der Waals surface area contributed by atoms with Crippen LogP contribution in [-0.4, -0.2) is 28.0 Å². The Kier molecular flexibility index (Phi) is 5.46. The molecule has 0 fully saturated rings. The summed E-state index contributed by atoms with van der Waals surface area (Å²) in [6.07, 6.45) is 0.761. The van der Waals surface area contributed by atoms with Crippen LogP contribution in [0.25, 0.3) is 11.4 Å². The van der Waals surface area contributed by atoms with Gasteiger partial charge in [0.15, 0.2) is 0 Å². The molecule has 1 aliphatic rings.